The third kappa shape index (κ3) is 8.26. The van der Waals surface area contributed by atoms with E-state index in [-0.39, 0.29) is 12.5 Å². The van der Waals surface area contributed by atoms with Crippen LogP contribution in [0.2, 0.25) is 0 Å². The van der Waals surface area contributed by atoms with E-state index in [2.05, 4.69) is 11.7 Å². The zero-order valence-corrected chi connectivity index (χ0v) is 10.5. The van der Waals surface area contributed by atoms with Crippen molar-refractivity contribution in [2.24, 2.45) is 0 Å². The van der Waals surface area contributed by atoms with Gasteiger partial charge in [-0.1, -0.05) is 33.1 Å². The summed E-state index contributed by atoms with van der Waals surface area (Å²) in [5.41, 5.74) is 0. The fourth-order valence-corrected chi connectivity index (χ4v) is 1.11. The Morgan fingerprint density at radius 1 is 1.12 bits per heavy atom. The molecule has 0 aliphatic heterocycles. The predicted molar refractivity (Wildman–Crippen MR) is 61.1 cm³/mol. The summed E-state index contributed by atoms with van der Waals surface area (Å²) in [6.45, 7) is 5.75. The molecule has 0 spiro atoms. The zero-order chi connectivity index (χ0) is 12.4. The minimum Gasteiger partial charge on any atom is -0.431 e. The molecule has 0 radical (unpaired) electrons. The normalized spacial score (nSPS) is 11.9. The minimum atomic E-state index is -0.880. The van der Waals surface area contributed by atoms with Crippen LogP contribution >= 0.6 is 0 Å². The highest BCUT2D eigenvalue weighted by Gasteiger charge is 2.13. The molecule has 0 heterocycles. The van der Waals surface area contributed by atoms with Crippen LogP contribution in [0.15, 0.2) is 0 Å². The third-order valence-corrected chi connectivity index (χ3v) is 2.30. The Morgan fingerprint density at radius 2 is 1.81 bits per heavy atom. The quantitative estimate of drug-likeness (QED) is 0.382. The fourth-order valence-electron chi connectivity index (χ4n) is 1.11. The highest BCUT2D eigenvalue weighted by atomic mass is 16.7. The number of rotatable bonds is 7. The van der Waals surface area contributed by atoms with Gasteiger partial charge in [0.05, 0.1) is 0 Å². The van der Waals surface area contributed by atoms with E-state index in [4.69, 9.17) is 4.74 Å². The number of unbranched alkanes of at least 4 members (excludes halogenated alkanes) is 3. The molecule has 0 saturated heterocycles. The second-order valence-corrected chi connectivity index (χ2v) is 3.87. The molecule has 0 fully saturated rings. The molecule has 1 unspecified atom stereocenters. The van der Waals surface area contributed by atoms with Crippen LogP contribution in [0.4, 0.5) is 4.79 Å². The van der Waals surface area contributed by atoms with Crippen molar-refractivity contribution < 1.29 is 19.1 Å². The number of carbonyl (C=O) groups excluding carboxylic acids is 2. The van der Waals surface area contributed by atoms with Crippen molar-refractivity contribution in [1.82, 2.24) is 0 Å². The van der Waals surface area contributed by atoms with E-state index < -0.39 is 12.1 Å². The van der Waals surface area contributed by atoms with E-state index in [1.165, 1.54) is 0 Å². The van der Waals surface area contributed by atoms with Crippen LogP contribution in [0.3, 0.4) is 0 Å². The third-order valence-electron chi connectivity index (χ3n) is 2.30. The van der Waals surface area contributed by atoms with Gasteiger partial charge in [-0.25, -0.2) is 4.79 Å². The van der Waals surface area contributed by atoms with Gasteiger partial charge in [-0.05, 0) is 19.8 Å². The number of ether oxygens (including phenoxy) is 2. The van der Waals surface area contributed by atoms with Crippen LogP contribution in [0.1, 0.15) is 59.3 Å². The zero-order valence-electron chi connectivity index (χ0n) is 10.5. The Balaban J connectivity index is 3.58. The molecule has 0 saturated carbocycles. The van der Waals surface area contributed by atoms with E-state index in [0.29, 0.717) is 6.42 Å². The lowest BCUT2D eigenvalue weighted by Crippen LogP contribution is -2.18. The molecule has 0 aliphatic rings. The second-order valence-electron chi connectivity index (χ2n) is 3.87. The lowest BCUT2D eigenvalue weighted by atomic mass is 10.2. The van der Waals surface area contributed by atoms with Crippen molar-refractivity contribution in [2.75, 3.05) is 0 Å². The van der Waals surface area contributed by atoms with Crippen molar-refractivity contribution in [3.63, 3.8) is 0 Å². The molecule has 4 heteroatoms. The van der Waals surface area contributed by atoms with Crippen LogP contribution in [0.25, 0.3) is 0 Å². The molecule has 0 aromatic carbocycles. The Bertz CT molecular complexity index is 213. The fraction of sp³-hybridized carbons (Fsp3) is 0.833. The Labute approximate surface area is 97.3 Å². The summed E-state index contributed by atoms with van der Waals surface area (Å²) in [4.78, 5) is 22.2. The molecular formula is C12H22O4. The lowest BCUT2D eigenvalue weighted by molar-refractivity contribution is -0.140. The molecule has 0 amide bonds. The maximum Gasteiger partial charge on any atom is 0.516 e. The van der Waals surface area contributed by atoms with Gasteiger partial charge in [0.15, 0.2) is 0 Å². The van der Waals surface area contributed by atoms with E-state index in [1.807, 2.05) is 6.92 Å². The molecule has 0 aromatic rings. The summed E-state index contributed by atoms with van der Waals surface area (Å²) < 4.78 is 9.32. The average molecular weight is 230 g/mol. The van der Waals surface area contributed by atoms with E-state index in [1.54, 1.807) is 6.92 Å². The van der Waals surface area contributed by atoms with Crippen molar-refractivity contribution in [3.05, 3.63) is 0 Å². The van der Waals surface area contributed by atoms with Gasteiger partial charge in [-0.2, -0.15) is 0 Å². The van der Waals surface area contributed by atoms with Crippen LogP contribution in [0.5, 0.6) is 0 Å². The summed E-state index contributed by atoms with van der Waals surface area (Å²) in [6.07, 6.45) is 3.88. The van der Waals surface area contributed by atoms with Crippen molar-refractivity contribution >= 4 is 12.1 Å². The second kappa shape index (κ2) is 9.19. The van der Waals surface area contributed by atoms with Crippen LogP contribution in [-0.2, 0) is 14.3 Å². The Hall–Kier alpha value is -1.06. The summed E-state index contributed by atoms with van der Waals surface area (Å²) in [5, 5.41) is 0. The van der Waals surface area contributed by atoms with Crippen LogP contribution < -0.4 is 0 Å². The molecule has 94 valence electrons. The molecule has 16 heavy (non-hydrogen) atoms. The molecule has 0 N–H and O–H groups in total. The maximum absolute atomic E-state index is 11.2. The van der Waals surface area contributed by atoms with E-state index in [9.17, 15) is 9.59 Å². The number of carbonyl (C=O) groups is 2. The number of hydrogen-bond donors (Lipinski definition) is 0. The number of hydrogen-bond acceptors (Lipinski definition) is 4. The van der Waals surface area contributed by atoms with Gasteiger partial charge in [0.25, 0.3) is 0 Å². The van der Waals surface area contributed by atoms with Gasteiger partial charge < -0.3 is 9.47 Å². The highest BCUT2D eigenvalue weighted by Crippen LogP contribution is 2.05. The molecule has 1 atom stereocenters. The summed E-state index contributed by atoms with van der Waals surface area (Å²) in [6, 6.07) is 0. The largest absolute Gasteiger partial charge is 0.516 e. The summed E-state index contributed by atoms with van der Waals surface area (Å²) in [7, 11) is 0. The first-order chi connectivity index (χ1) is 7.60. The van der Waals surface area contributed by atoms with Gasteiger partial charge >= 0.3 is 12.1 Å². The van der Waals surface area contributed by atoms with Crippen molar-refractivity contribution in [3.8, 4) is 0 Å². The minimum absolute atomic E-state index is 0.208. The monoisotopic (exact) mass is 230 g/mol. The van der Waals surface area contributed by atoms with Gasteiger partial charge in [0.1, 0.15) is 6.10 Å². The molecular weight excluding hydrogens is 208 g/mol. The van der Waals surface area contributed by atoms with Gasteiger partial charge in [-0.15, -0.1) is 0 Å². The van der Waals surface area contributed by atoms with E-state index >= 15 is 0 Å². The van der Waals surface area contributed by atoms with Crippen LogP contribution in [0, 0.1) is 0 Å². The van der Waals surface area contributed by atoms with Crippen molar-refractivity contribution in [1.29, 1.82) is 0 Å². The smallest absolute Gasteiger partial charge is 0.431 e. The maximum atomic E-state index is 11.2. The predicted octanol–water partition coefficient (Wildman–Crippen LogP) is 3.44. The first-order valence-corrected chi connectivity index (χ1v) is 6.01. The van der Waals surface area contributed by atoms with Crippen LogP contribution in [-0.4, -0.2) is 18.2 Å². The Morgan fingerprint density at radius 3 is 2.38 bits per heavy atom. The standard InChI is InChI=1S/C12H22O4/c1-4-6-7-8-9-11(13)16-12(14)15-10(3)5-2/h10H,4-9H2,1-3H3. The SMILES string of the molecule is CCCCCCC(=O)OC(=O)OC(C)CC. The highest BCUT2D eigenvalue weighted by molar-refractivity contribution is 5.81. The van der Waals surface area contributed by atoms with Gasteiger partial charge in [-0.3, -0.25) is 4.79 Å². The van der Waals surface area contributed by atoms with Gasteiger partial charge in [0.2, 0.25) is 0 Å². The lowest BCUT2D eigenvalue weighted by Gasteiger charge is -2.09. The van der Waals surface area contributed by atoms with E-state index in [0.717, 1.165) is 25.7 Å². The molecule has 0 aromatic heterocycles. The number of esters is 1. The van der Waals surface area contributed by atoms with Crippen molar-refractivity contribution in [2.45, 2.75) is 65.4 Å². The molecule has 0 rings (SSSR count). The summed E-state index contributed by atoms with van der Waals surface area (Å²) in [5.74, 6) is -0.496. The molecule has 4 nitrogen and oxygen atoms in total. The topological polar surface area (TPSA) is 52.6 Å². The Kier molecular flexibility index (Phi) is 8.58. The first-order valence-electron chi connectivity index (χ1n) is 6.01. The molecule has 0 aliphatic carbocycles. The summed E-state index contributed by atoms with van der Waals surface area (Å²) >= 11 is 0. The molecule has 0 bridgehead atoms. The average Bonchev–Trinajstić information content (AvgIpc) is 2.24. The first kappa shape index (κ1) is 14.9. The van der Waals surface area contributed by atoms with Gasteiger partial charge in [0, 0.05) is 6.42 Å².